The van der Waals surface area contributed by atoms with E-state index in [2.05, 4.69) is 47.7 Å². The number of nitrogens with zero attached hydrogens (tertiary/aromatic N) is 1. The number of carbonyl (C=O) groups excluding carboxylic acids is 1. The van der Waals surface area contributed by atoms with Crippen LogP contribution in [0.25, 0.3) is 0 Å². The van der Waals surface area contributed by atoms with Gasteiger partial charge in [-0.25, -0.2) is 4.79 Å². The number of carbonyl (C=O) groups is 1. The third kappa shape index (κ3) is 3.90. The molecule has 4 nitrogen and oxygen atoms in total. The Balaban J connectivity index is 1.67. The summed E-state index contributed by atoms with van der Waals surface area (Å²) >= 11 is 0. The second-order valence-corrected chi connectivity index (χ2v) is 6.10. The van der Waals surface area contributed by atoms with Crippen LogP contribution in [-0.4, -0.2) is 24.5 Å². The minimum absolute atomic E-state index is 0.206. The first kappa shape index (κ1) is 15.6. The maximum absolute atomic E-state index is 12.2. The van der Waals surface area contributed by atoms with E-state index in [1.165, 1.54) is 16.7 Å². The lowest BCUT2D eigenvalue weighted by Gasteiger charge is -2.25. The molecule has 0 fully saturated rings. The first-order valence-electron chi connectivity index (χ1n) is 8.11. The molecule has 2 amide bonds. The zero-order chi connectivity index (χ0) is 16.2. The fraction of sp³-hybridized carbons (Fsp3) is 0.316. The monoisotopic (exact) mass is 309 g/mol. The van der Waals surface area contributed by atoms with Crippen LogP contribution in [0.4, 0.5) is 16.2 Å². The predicted octanol–water partition coefficient (Wildman–Crippen LogP) is 3.88. The molecule has 2 N–H and O–H groups in total. The van der Waals surface area contributed by atoms with E-state index in [0.717, 1.165) is 37.3 Å². The van der Waals surface area contributed by atoms with Crippen LogP contribution < -0.4 is 10.6 Å². The van der Waals surface area contributed by atoms with Crippen molar-refractivity contribution in [2.45, 2.75) is 26.3 Å². The Bertz CT molecular complexity index is 712. The molecule has 0 atom stereocenters. The van der Waals surface area contributed by atoms with Crippen molar-refractivity contribution in [1.29, 1.82) is 0 Å². The highest BCUT2D eigenvalue weighted by Gasteiger charge is 2.14. The molecular formula is C19H23N3O. The van der Waals surface area contributed by atoms with Gasteiger partial charge in [-0.1, -0.05) is 25.1 Å². The number of hydrogen-bond acceptors (Lipinski definition) is 2. The summed E-state index contributed by atoms with van der Waals surface area (Å²) < 4.78 is 0. The smallest absolute Gasteiger partial charge is 0.308 e. The first-order chi connectivity index (χ1) is 11.1. The molecule has 120 valence electrons. The standard InChI is InChI=1S/C19H23N3O/c1-3-14-5-4-6-17(11-14)20-19(23)21-18-8-7-15-9-10-22(2)13-16(15)12-18/h4-8,11-12H,3,9-10,13H2,1-2H3,(H2,20,21,23). The summed E-state index contributed by atoms with van der Waals surface area (Å²) in [5, 5.41) is 5.82. The molecule has 0 saturated heterocycles. The molecular weight excluding hydrogens is 286 g/mol. The van der Waals surface area contributed by atoms with E-state index in [1.807, 2.05) is 24.3 Å². The second kappa shape index (κ2) is 6.84. The molecule has 0 radical (unpaired) electrons. The molecule has 0 aromatic heterocycles. The van der Waals surface area contributed by atoms with Crippen molar-refractivity contribution in [3.05, 3.63) is 59.2 Å². The van der Waals surface area contributed by atoms with Crippen molar-refractivity contribution >= 4 is 17.4 Å². The van der Waals surface area contributed by atoms with E-state index in [0.29, 0.717) is 0 Å². The van der Waals surface area contributed by atoms with Crippen LogP contribution >= 0.6 is 0 Å². The average Bonchev–Trinajstić information content (AvgIpc) is 2.54. The predicted molar refractivity (Wildman–Crippen MR) is 94.9 cm³/mol. The van der Waals surface area contributed by atoms with Crippen molar-refractivity contribution in [2.75, 3.05) is 24.2 Å². The maximum Gasteiger partial charge on any atom is 0.323 e. The number of rotatable bonds is 3. The number of fused-ring (bicyclic) bond motifs is 1. The van der Waals surface area contributed by atoms with Gasteiger partial charge < -0.3 is 15.5 Å². The van der Waals surface area contributed by atoms with E-state index in [-0.39, 0.29) is 6.03 Å². The molecule has 0 unspecified atom stereocenters. The number of anilines is 2. The van der Waals surface area contributed by atoms with Crippen LogP contribution in [-0.2, 0) is 19.4 Å². The maximum atomic E-state index is 12.2. The minimum Gasteiger partial charge on any atom is -0.308 e. The molecule has 4 heteroatoms. The van der Waals surface area contributed by atoms with E-state index in [9.17, 15) is 4.79 Å². The van der Waals surface area contributed by atoms with Crippen LogP contribution in [0.1, 0.15) is 23.6 Å². The van der Waals surface area contributed by atoms with Gasteiger partial charge in [0.25, 0.3) is 0 Å². The number of likely N-dealkylation sites (N-methyl/N-ethyl adjacent to an activating group) is 1. The van der Waals surface area contributed by atoms with Crippen molar-refractivity contribution in [3.8, 4) is 0 Å². The summed E-state index contributed by atoms with van der Waals surface area (Å²) in [5.74, 6) is 0. The van der Waals surface area contributed by atoms with Crippen LogP contribution in [0.3, 0.4) is 0 Å². The zero-order valence-corrected chi connectivity index (χ0v) is 13.7. The van der Waals surface area contributed by atoms with Gasteiger partial charge in [-0.15, -0.1) is 0 Å². The van der Waals surface area contributed by atoms with Crippen molar-refractivity contribution in [1.82, 2.24) is 4.90 Å². The Hall–Kier alpha value is -2.33. The molecule has 0 saturated carbocycles. The van der Waals surface area contributed by atoms with Crippen molar-refractivity contribution in [3.63, 3.8) is 0 Å². The minimum atomic E-state index is -0.206. The van der Waals surface area contributed by atoms with E-state index < -0.39 is 0 Å². The fourth-order valence-corrected chi connectivity index (χ4v) is 2.94. The summed E-state index contributed by atoms with van der Waals surface area (Å²) in [6, 6.07) is 13.9. The van der Waals surface area contributed by atoms with Gasteiger partial charge in [-0.2, -0.15) is 0 Å². The van der Waals surface area contributed by atoms with Crippen molar-refractivity contribution < 1.29 is 4.79 Å². The topological polar surface area (TPSA) is 44.4 Å². The summed E-state index contributed by atoms with van der Waals surface area (Å²) in [6.07, 6.45) is 2.03. The van der Waals surface area contributed by atoms with Gasteiger partial charge in [0.15, 0.2) is 0 Å². The van der Waals surface area contributed by atoms with E-state index in [1.54, 1.807) is 0 Å². The van der Waals surface area contributed by atoms with Gasteiger partial charge in [-0.3, -0.25) is 0 Å². The molecule has 2 aromatic carbocycles. The van der Waals surface area contributed by atoms with Gasteiger partial charge in [0, 0.05) is 24.5 Å². The molecule has 0 bridgehead atoms. The Morgan fingerprint density at radius 2 is 1.87 bits per heavy atom. The largest absolute Gasteiger partial charge is 0.323 e. The fourth-order valence-electron chi connectivity index (χ4n) is 2.94. The Labute approximate surface area is 137 Å². The van der Waals surface area contributed by atoms with Crippen LogP contribution in [0.15, 0.2) is 42.5 Å². The van der Waals surface area contributed by atoms with Gasteiger partial charge in [0.05, 0.1) is 0 Å². The van der Waals surface area contributed by atoms with E-state index in [4.69, 9.17) is 0 Å². The van der Waals surface area contributed by atoms with Gasteiger partial charge >= 0.3 is 6.03 Å². The SMILES string of the molecule is CCc1cccc(NC(=O)Nc2ccc3c(c2)CN(C)CC3)c1. The molecule has 1 heterocycles. The number of nitrogens with one attached hydrogen (secondary N) is 2. The molecule has 1 aliphatic heterocycles. The highest BCUT2D eigenvalue weighted by molar-refractivity contribution is 5.99. The molecule has 0 aliphatic carbocycles. The highest BCUT2D eigenvalue weighted by atomic mass is 16.2. The number of amides is 2. The molecule has 3 rings (SSSR count). The van der Waals surface area contributed by atoms with Gasteiger partial charge in [0.1, 0.15) is 0 Å². The lowest BCUT2D eigenvalue weighted by Crippen LogP contribution is -2.26. The third-order valence-electron chi connectivity index (χ3n) is 4.26. The van der Waals surface area contributed by atoms with Crippen LogP contribution in [0.2, 0.25) is 0 Å². The Morgan fingerprint density at radius 1 is 1.09 bits per heavy atom. The molecule has 23 heavy (non-hydrogen) atoms. The third-order valence-corrected chi connectivity index (χ3v) is 4.26. The lowest BCUT2D eigenvalue weighted by molar-refractivity contribution is 0.262. The quantitative estimate of drug-likeness (QED) is 0.903. The number of hydrogen-bond donors (Lipinski definition) is 2. The summed E-state index contributed by atoms with van der Waals surface area (Å²) in [6.45, 7) is 4.13. The van der Waals surface area contributed by atoms with Gasteiger partial charge in [-0.05, 0) is 60.8 Å². The normalized spacial score (nSPS) is 14.2. The number of benzene rings is 2. The Kier molecular flexibility index (Phi) is 4.63. The second-order valence-electron chi connectivity index (χ2n) is 6.10. The van der Waals surface area contributed by atoms with Crippen LogP contribution in [0, 0.1) is 0 Å². The highest BCUT2D eigenvalue weighted by Crippen LogP contribution is 2.22. The van der Waals surface area contributed by atoms with Gasteiger partial charge in [0.2, 0.25) is 0 Å². The number of urea groups is 1. The van der Waals surface area contributed by atoms with Crippen molar-refractivity contribution in [2.24, 2.45) is 0 Å². The van der Waals surface area contributed by atoms with E-state index >= 15 is 0 Å². The number of aryl methyl sites for hydroxylation is 1. The lowest BCUT2D eigenvalue weighted by atomic mass is 9.99. The first-order valence-corrected chi connectivity index (χ1v) is 8.11. The summed E-state index contributed by atoms with van der Waals surface area (Å²) in [7, 11) is 2.12. The Morgan fingerprint density at radius 3 is 2.65 bits per heavy atom. The summed E-state index contributed by atoms with van der Waals surface area (Å²) in [5.41, 5.74) is 5.54. The zero-order valence-electron chi connectivity index (χ0n) is 13.7. The summed E-state index contributed by atoms with van der Waals surface area (Å²) in [4.78, 5) is 14.5. The molecule has 1 aliphatic rings. The van der Waals surface area contributed by atoms with Crippen LogP contribution in [0.5, 0.6) is 0 Å². The average molecular weight is 309 g/mol. The molecule has 0 spiro atoms. The molecule has 2 aromatic rings.